The maximum Gasteiger partial charge on any atom is 0.412 e. The number of rotatable bonds is 7. The average molecular weight is 556 g/mol. The Bertz CT molecular complexity index is 1370. The summed E-state index contributed by atoms with van der Waals surface area (Å²) in [5.41, 5.74) is 2.22. The molecule has 2 aliphatic rings. The van der Waals surface area contributed by atoms with Gasteiger partial charge in [0.15, 0.2) is 0 Å². The van der Waals surface area contributed by atoms with E-state index in [1.807, 2.05) is 0 Å². The number of carbonyl (C=O) groups excluding carboxylic acids is 1. The van der Waals surface area contributed by atoms with Crippen LogP contribution in [0.4, 0.5) is 29.3 Å². The number of aryl methyl sites for hydroxylation is 1. The highest BCUT2D eigenvalue weighted by Gasteiger charge is 2.55. The van der Waals surface area contributed by atoms with Crippen molar-refractivity contribution in [1.29, 1.82) is 0 Å². The lowest BCUT2D eigenvalue weighted by molar-refractivity contribution is -0.175. The smallest absolute Gasteiger partial charge is 0.412 e. The Labute approximate surface area is 218 Å². The topological polar surface area (TPSA) is 130 Å². The number of halogens is 3. The van der Waals surface area contributed by atoms with Gasteiger partial charge in [-0.15, -0.1) is 0 Å². The predicted molar refractivity (Wildman–Crippen MR) is 133 cm³/mol. The molecule has 3 N–H and O–H groups in total. The molecule has 38 heavy (non-hydrogen) atoms. The molecule has 13 heteroatoms. The second-order valence-electron chi connectivity index (χ2n) is 10.3. The summed E-state index contributed by atoms with van der Waals surface area (Å²) in [4.78, 5) is 24.0. The second kappa shape index (κ2) is 9.07. The molecule has 0 unspecified atom stereocenters. The van der Waals surface area contributed by atoms with Crippen molar-refractivity contribution in [3.05, 3.63) is 48.0 Å². The lowest BCUT2D eigenvalue weighted by atomic mass is 9.96. The number of hydrogen-bond donors (Lipinski definition) is 2. The zero-order valence-corrected chi connectivity index (χ0v) is 21.8. The lowest BCUT2D eigenvalue weighted by Crippen LogP contribution is -2.57. The van der Waals surface area contributed by atoms with Gasteiger partial charge in [0.1, 0.15) is 17.4 Å². The SMILES string of the molecule is Cc1ccc(S(=O)(=O)N2C[C@H](CC3(C(N)=O)CC3)Oc3ccc(N(C(=O)O)C(C)(C)C(F)(F)F)cc32)cc1. The van der Waals surface area contributed by atoms with Gasteiger partial charge in [0.2, 0.25) is 5.91 Å². The molecule has 2 amide bonds. The van der Waals surface area contributed by atoms with Crippen molar-refractivity contribution in [3.8, 4) is 5.75 Å². The van der Waals surface area contributed by atoms with Gasteiger partial charge in [-0.2, -0.15) is 13.2 Å². The van der Waals surface area contributed by atoms with Gasteiger partial charge in [-0.25, -0.2) is 13.2 Å². The zero-order chi connectivity index (χ0) is 28.3. The number of carbonyl (C=O) groups is 2. The number of benzene rings is 2. The highest BCUT2D eigenvalue weighted by Crippen LogP contribution is 2.51. The molecular weight excluding hydrogens is 527 g/mol. The van der Waals surface area contributed by atoms with E-state index < -0.39 is 45.3 Å². The van der Waals surface area contributed by atoms with Crippen LogP contribution in [0.3, 0.4) is 0 Å². The summed E-state index contributed by atoms with van der Waals surface area (Å²) in [6.45, 7) is 2.96. The Morgan fingerprint density at radius 2 is 1.76 bits per heavy atom. The third-order valence-corrected chi connectivity index (χ3v) is 8.97. The minimum Gasteiger partial charge on any atom is -0.486 e. The molecule has 0 spiro atoms. The third kappa shape index (κ3) is 4.74. The van der Waals surface area contributed by atoms with Crippen LogP contribution in [0, 0.1) is 12.3 Å². The van der Waals surface area contributed by atoms with Crippen LogP contribution in [0.15, 0.2) is 47.4 Å². The number of carboxylic acid groups (broad SMARTS) is 1. The maximum atomic E-state index is 13.8. The van der Waals surface area contributed by atoms with E-state index in [2.05, 4.69) is 0 Å². The van der Waals surface area contributed by atoms with E-state index in [-0.39, 0.29) is 39.9 Å². The number of primary amides is 1. The summed E-state index contributed by atoms with van der Waals surface area (Å²) in [7, 11) is -4.26. The van der Waals surface area contributed by atoms with Crippen LogP contribution in [0.5, 0.6) is 5.75 Å². The standard InChI is InChI=1S/C25H28F3N3O6S/c1-15-4-7-18(8-5-15)38(35,36)30-14-17(13-24(10-11-24)21(29)32)37-20-9-6-16(12-19(20)30)31(22(33)34)23(2,3)25(26,27)28/h4-9,12,17H,10-11,13-14H2,1-3H3,(H2,29,32)(H,33,34)/t17-/m0/s1. The summed E-state index contributed by atoms with van der Waals surface area (Å²) < 4.78 is 75.9. The molecule has 4 rings (SSSR count). The van der Waals surface area contributed by atoms with Crippen LogP contribution in [0.2, 0.25) is 0 Å². The van der Waals surface area contributed by atoms with Crippen LogP contribution in [-0.2, 0) is 14.8 Å². The Hall–Kier alpha value is -3.48. The molecular formula is C25H28F3N3O6S. The molecule has 2 aromatic rings. The zero-order valence-electron chi connectivity index (χ0n) is 20.9. The molecule has 2 aromatic carbocycles. The molecule has 0 saturated heterocycles. The summed E-state index contributed by atoms with van der Waals surface area (Å²) in [5, 5.41) is 9.71. The van der Waals surface area contributed by atoms with E-state index in [4.69, 9.17) is 10.5 Å². The van der Waals surface area contributed by atoms with Gasteiger partial charge in [-0.05, 0) is 63.9 Å². The maximum absolute atomic E-state index is 13.8. The van der Waals surface area contributed by atoms with Crippen LogP contribution in [-0.4, -0.2) is 49.9 Å². The second-order valence-corrected chi connectivity index (χ2v) is 12.1. The van der Waals surface area contributed by atoms with Crippen LogP contribution < -0.4 is 19.7 Å². The highest BCUT2D eigenvalue weighted by molar-refractivity contribution is 7.92. The third-order valence-electron chi connectivity index (χ3n) is 7.18. The average Bonchev–Trinajstić information content (AvgIpc) is 3.58. The lowest BCUT2D eigenvalue weighted by Gasteiger charge is -2.40. The van der Waals surface area contributed by atoms with Gasteiger partial charge in [0.25, 0.3) is 10.0 Å². The van der Waals surface area contributed by atoms with E-state index in [0.717, 1.165) is 22.0 Å². The molecule has 1 fully saturated rings. The molecule has 0 radical (unpaired) electrons. The number of hydrogen-bond acceptors (Lipinski definition) is 5. The van der Waals surface area contributed by atoms with Crippen molar-refractivity contribution in [1.82, 2.24) is 0 Å². The largest absolute Gasteiger partial charge is 0.486 e. The fourth-order valence-electron chi connectivity index (χ4n) is 4.55. The normalized spacial score (nSPS) is 18.8. The quantitative estimate of drug-likeness (QED) is 0.520. The van der Waals surface area contributed by atoms with Gasteiger partial charge >= 0.3 is 12.3 Å². The number of sulfonamides is 1. The first-order chi connectivity index (χ1) is 17.5. The van der Waals surface area contributed by atoms with Crippen molar-refractivity contribution in [3.63, 3.8) is 0 Å². The number of alkyl halides is 3. The van der Waals surface area contributed by atoms with Gasteiger partial charge < -0.3 is 15.6 Å². The summed E-state index contributed by atoms with van der Waals surface area (Å²) >= 11 is 0. The number of nitrogens with zero attached hydrogens (tertiary/aromatic N) is 2. The van der Waals surface area contributed by atoms with Crippen molar-refractivity contribution in [2.75, 3.05) is 15.7 Å². The molecule has 206 valence electrons. The molecule has 0 bridgehead atoms. The van der Waals surface area contributed by atoms with Crippen molar-refractivity contribution >= 4 is 33.4 Å². The van der Waals surface area contributed by atoms with Crippen molar-refractivity contribution in [2.24, 2.45) is 11.1 Å². The first-order valence-electron chi connectivity index (χ1n) is 11.8. The number of anilines is 2. The summed E-state index contributed by atoms with van der Waals surface area (Å²) in [6, 6.07) is 9.43. The molecule has 9 nitrogen and oxygen atoms in total. The fraction of sp³-hybridized carbons (Fsp3) is 0.440. The number of fused-ring (bicyclic) bond motifs is 1. The number of ether oxygens (including phenoxy) is 1. The Morgan fingerprint density at radius 3 is 2.26 bits per heavy atom. The van der Waals surface area contributed by atoms with Gasteiger partial charge in [0, 0.05) is 6.42 Å². The molecule has 1 aliphatic carbocycles. The summed E-state index contributed by atoms with van der Waals surface area (Å²) in [5.74, 6) is -0.488. The van der Waals surface area contributed by atoms with Gasteiger partial charge in [0.05, 0.1) is 28.2 Å². The van der Waals surface area contributed by atoms with E-state index in [9.17, 15) is 36.3 Å². The predicted octanol–water partition coefficient (Wildman–Crippen LogP) is 4.43. The van der Waals surface area contributed by atoms with E-state index in [1.54, 1.807) is 19.1 Å². The number of nitrogens with two attached hydrogens (primary N) is 1. The Morgan fingerprint density at radius 1 is 1.16 bits per heavy atom. The molecule has 0 aromatic heterocycles. The first-order valence-corrected chi connectivity index (χ1v) is 13.2. The molecule has 1 heterocycles. The van der Waals surface area contributed by atoms with Crippen molar-refractivity contribution in [2.45, 2.75) is 62.7 Å². The monoisotopic (exact) mass is 555 g/mol. The summed E-state index contributed by atoms with van der Waals surface area (Å²) in [6.07, 6.45) is -6.33. The van der Waals surface area contributed by atoms with Crippen molar-refractivity contribution < 1.29 is 41.0 Å². The van der Waals surface area contributed by atoms with Crippen LogP contribution in [0.25, 0.3) is 0 Å². The Kier molecular flexibility index (Phi) is 6.58. The minimum atomic E-state index is -4.93. The van der Waals surface area contributed by atoms with E-state index >= 15 is 0 Å². The van der Waals surface area contributed by atoms with Crippen LogP contribution >= 0.6 is 0 Å². The van der Waals surface area contributed by atoms with E-state index in [1.165, 1.54) is 18.2 Å². The first kappa shape index (κ1) is 27.6. The fourth-order valence-corrected chi connectivity index (χ4v) is 6.05. The van der Waals surface area contributed by atoms with Crippen LogP contribution in [0.1, 0.15) is 38.7 Å². The minimum absolute atomic E-state index is 0.0242. The molecule has 1 aliphatic heterocycles. The molecule has 1 saturated carbocycles. The highest BCUT2D eigenvalue weighted by atomic mass is 32.2. The van der Waals surface area contributed by atoms with Gasteiger partial charge in [-0.3, -0.25) is 14.0 Å². The Balaban J connectivity index is 1.83. The van der Waals surface area contributed by atoms with Gasteiger partial charge in [-0.1, -0.05) is 17.7 Å². The number of amides is 2. The molecule has 1 atom stereocenters. The van der Waals surface area contributed by atoms with E-state index in [0.29, 0.717) is 26.7 Å².